The summed E-state index contributed by atoms with van der Waals surface area (Å²) in [6, 6.07) is 17.8. The zero-order chi connectivity index (χ0) is 17.9. The van der Waals surface area contributed by atoms with Gasteiger partial charge in [0.1, 0.15) is 17.0 Å². The van der Waals surface area contributed by atoms with Gasteiger partial charge in [0.15, 0.2) is 11.5 Å². The smallest absolute Gasteiger partial charge is 0.291 e. The molecule has 2 aromatic heterocycles. The lowest BCUT2D eigenvalue weighted by molar-refractivity contribution is 0.0998. The Hall–Kier alpha value is -3.31. The van der Waals surface area contributed by atoms with Crippen molar-refractivity contribution in [2.24, 2.45) is 0 Å². The van der Waals surface area contributed by atoms with Crippen molar-refractivity contribution in [3.8, 4) is 11.5 Å². The van der Waals surface area contributed by atoms with E-state index in [4.69, 9.17) is 20.8 Å². The Balaban J connectivity index is 1.59. The van der Waals surface area contributed by atoms with Gasteiger partial charge >= 0.3 is 0 Å². The van der Waals surface area contributed by atoms with Crippen molar-refractivity contribution in [1.29, 1.82) is 0 Å². The molecule has 2 aromatic carbocycles. The number of anilines is 1. The summed E-state index contributed by atoms with van der Waals surface area (Å²) in [7, 11) is 0. The number of para-hydroxylation sites is 1. The van der Waals surface area contributed by atoms with E-state index in [1.165, 1.54) is 6.20 Å². The van der Waals surface area contributed by atoms with Crippen molar-refractivity contribution < 1.29 is 13.9 Å². The van der Waals surface area contributed by atoms with E-state index in [0.29, 0.717) is 27.8 Å². The van der Waals surface area contributed by atoms with Crippen LogP contribution in [-0.4, -0.2) is 10.9 Å². The van der Waals surface area contributed by atoms with Gasteiger partial charge in [-0.25, -0.2) is 0 Å². The predicted molar refractivity (Wildman–Crippen MR) is 99.9 cm³/mol. The Labute approximate surface area is 154 Å². The first-order valence-corrected chi connectivity index (χ1v) is 8.24. The average Bonchev–Trinajstić information content (AvgIpc) is 3.07. The van der Waals surface area contributed by atoms with Crippen molar-refractivity contribution in [3.63, 3.8) is 0 Å². The van der Waals surface area contributed by atoms with E-state index < -0.39 is 5.91 Å². The summed E-state index contributed by atoms with van der Waals surface area (Å²) in [4.78, 5) is 16.6. The van der Waals surface area contributed by atoms with Crippen LogP contribution in [-0.2, 0) is 0 Å². The summed E-state index contributed by atoms with van der Waals surface area (Å²) in [5.74, 6) is 0.922. The molecule has 4 rings (SSSR count). The molecule has 4 aromatic rings. The third-order valence-electron chi connectivity index (χ3n) is 3.70. The van der Waals surface area contributed by atoms with Crippen molar-refractivity contribution in [3.05, 3.63) is 83.8 Å². The van der Waals surface area contributed by atoms with Crippen LogP contribution in [0.4, 0.5) is 5.69 Å². The molecule has 6 heteroatoms. The number of rotatable bonds is 4. The van der Waals surface area contributed by atoms with Crippen LogP contribution in [0.25, 0.3) is 11.0 Å². The molecule has 0 saturated heterocycles. The van der Waals surface area contributed by atoms with E-state index in [1.54, 1.807) is 36.5 Å². The van der Waals surface area contributed by atoms with E-state index >= 15 is 0 Å². The van der Waals surface area contributed by atoms with E-state index in [0.717, 1.165) is 5.39 Å². The molecule has 0 saturated carbocycles. The fraction of sp³-hybridized carbons (Fsp3) is 0. The summed E-state index contributed by atoms with van der Waals surface area (Å²) in [6.45, 7) is 0. The summed E-state index contributed by atoms with van der Waals surface area (Å²) in [5, 5.41) is 4.11. The Morgan fingerprint density at radius 1 is 1.08 bits per heavy atom. The number of halogens is 1. The first kappa shape index (κ1) is 16.2. The molecule has 1 N–H and O–H groups in total. The number of aromatic nitrogens is 1. The number of fused-ring (bicyclic) bond motifs is 1. The molecule has 0 aliphatic rings. The van der Waals surface area contributed by atoms with Gasteiger partial charge in [-0.2, -0.15) is 0 Å². The second-order valence-electron chi connectivity index (χ2n) is 5.53. The topological polar surface area (TPSA) is 64.4 Å². The minimum atomic E-state index is -0.400. The molecule has 2 heterocycles. The highest BCUT2D eigenvalue weighted by molar-refractivity contribution is 6.31. The largest absolute Gasteiger partial charge is 0.455 e. The standard InChI is InChI=1S/C20H13ClN2O3/c21-14-6-7-17-13(10-14)11-19(26-17)20(24)23-16-12-22-9-8-18(16)25-15-4-2-1-3-5-15/h1-12H,(H,23,24). The third-order valence-corrected chi connectivity index (χ3v) is 3.94. The number of ether oxygens (including phenoxy) is 1. The number of amides is 1. The SMILES string of the molecule is O=C(Nc1cnccc1Oc1ccccc1)c1cc2cc(Cl)ccc2o1. The minimum absolute atomic E-state index is 0.178. The lowest BCUT2D eigenvalue weighted by atomic mass is 10.2. The molecule has 1 amide bonds. The fourth-order valence-corrected chi connectivity index (χ4v) is 2.67. The number of benzene rings is 2. The lowest BCUT2D eigenvalue weighted by Gasteiger charge is -2.10. The van der Waals surface area contributed by atoms with Gasteiger partial charge in [0.25, 0.3) is 5.91 Å². The van der Waals surface area contributed by atoms with E-state index in [-0.39, 0.29) is 5.76 Å². The quantitative estimate of drug-likeness (QED) is 0.517. The Morgan fingerprint density at radius 2 is 1.92 bits per heavy atom. The highest BCUT2D eigenvalue weighted by Crippen LogP contribution is 2.29. The number of nitrogens with one attached hydrogen (secondary N) is 1. The normalized spacial score (nSPS) is 10.7. The highest BCUT2D eigenvalue weighted by atomic mass is 35.5. The van der Waals surface area contributed by atoms with Crippen LogP contribution in [0, 0.1) is 0 Å². The third kappa shape index (κ3) is 3.38. The number of nitrogens with zero attached hydrogens (tertiary/aromatic N) is 1. The number of hydrogen-bond acceptors (Lipinski definition) is 4. The van der Waals surface area contributed by atoms with Crippen LogP contribution < -0.4 is 10.1 Å². The Morgan fingerprint density at radius 3 is 2.77 bits per heavy atom. The lowest BCUT2D eigenvalue weighted by Crippen LogP contribution is -2.11. The van der Waals surface area contributed by atoms with Crippen LogP contribution in [0.5, 0.6) is 11.5 Å². The van der Waals surface area contributed by atoms with Crippen LogP contribution >= 0.6 is 11.6 Å². The Bertz CT molecular complexity index is 1080. The van der Waals surface area contributed by atoms with Crippen molar-refractivity contribution >= 4 is 34.2 Å². The van der Waals surface area contributed by atoms with E-state index in [1.807, 2.05) is 30.3 Å². The molecule has 128 valence electrons. The van der Waals surface area contributed by atoms with Gasteiger partial charge in [0, 0.05) is 22.7 Å². The van der Waals surface area contributed by atoms with Crippen molar-refractivity contribution in [2.75, 3.05) is 5.32 Å². The molecule has 5 nitrogen and oxygen atoms in total. The van der Waals surface area contributed by atoms with Crippen molar-refractivity contribution in [1.82, 2.24) is 4.98 Å². The number of hydrogen-bond donors (Lipinski definition) is 1. The monoisotopic (exact) mass is 364 g/mol. The maximum Gasteiger partial charge on any atom is 0.291 e. The summed E-state index contributed by atoms with van der Waals surface area (Å²) in [5.41, 5.74) is 1.03. The molecular weight excluding hydrogens is 352 g/mol. The molecule has 0 fully saturated rings. The number of pyridine rings is 1. The molecule has 0 atom stereocenters. The van der Waals surface area contributed by atoms with Gasteiger partial charge in [-0.05, 0) is 36.4 Å². The summed E-state index contributed by atoms with van der Waals surface area (Å²) in [6.07, 6.45) is 3.12. The fourth-order valence-electron chi connectivity index (χ4n) is 2.49. The molecule has 0 bridgehead atoms. The number of furan rings is 1. The maximum absolute atomic E-state index is 12.6. The predicted octanol–water partition coefficient (Wildman–Crippen LogP) is 5.53. The van der Waals surface area contributed by atoms with E-state index in [9.17, 15) is 4.79 Å². The molecule has 0 aliphatic carbocycles. The first-order chi connectivity index (χ1) is 12.7. The minimum Gasteiger partial charge on any atom is -0.455 e. The molecule has 26 heavy (non-hydrogen) atoms. The first-order valence-electron chi connectivity index (χ1n) is 7.86. The number of carbonyl (C=O) groups excluding carboxylic acids is 1. The zero-order valence-electron chi connectivity index (χ0n) is 13.5. The molecular formula is C20H13ClN2O3. The second-order valence-corrected chi connectivity index (χ2v) is 5.97. The van der Waals surface area contributed by atoms with E-state index in [2.05, 4.69) is 10.3 Å². The van der Waals surface area contributed by atoms with Gasteiger partial charge in [-0.3, -0.25) is 9.78 Å². The van der Waals surface area contributed by atoms with Gasteiger partial charge in [0.2, 0.25) is 0 Å². The van der Waals surface area contributed by atoms with Crippen LogP contribution in [0.1, 0.15) is 10.6 Å². The van der Waals surface area contributed by atoms with Crippen LogP contribution in [0.15, 0.2) is 77.5 Å². The molecule has 0 radical (unpaired) electrons. The molecule has 0 aliphatic heterocycles. The van der Waals surface area contributed by atoms with Gasteiger partial charge < -0.3 is 14.5 Å². The van der Waals surface area contributed by atoms with Crippen molar-refractivity contribution in [2.45, 2.75) is 0 Å². The van der Waals surface area contributed by atoms with Gasteiger partial charge in [0.05, 0.1) is 6.20 Å². The average molecular weight is 365 g/mol. The Kier molecular flexibility index (Phi) is 4.29. The maximum atomic E-state index is 12.6. The van der Waals surface area contributed by atoms with Crippen LogP contribution in [0.3, 0.4) is 0 Å². The zero-order valence-corrected chi connectivity index (χ0v) is 14.2. The molecule has 0 unspecified atom stereocenters. The number of carbonyl (C=O) groups is 1. The molecule has 0 spiro atoms. The highest BCUT2D eigenvalue weighted by Gasteiger charge is 2.15. The summed E-state index contributed by atoms with van der Waals surface area (Å²) < 4.78 is 11.4. The van der Waals surface area contributed by atoms with Gasteiger partial charge in [-0.1, -0.05) is 29.8 Å². The van der Waals surface area contributed by atoms with Crippen LogP contribution in [0.2, 0.25) is 5.02 Å². The summed E-state index contributed by atoms with van der Waals surface area (Å²) >= 11 is 5.97. The second kappa shape index (κ2) is 6.90. The van der Waals surface area contributed by atoms with Gasteiger partial charge in [-0.15, -0.1) is 0 Å².